The molecule has 1 aliphatic heterocycles. The molecule has 1 aliphatic rings. The number of nitrogens with zero attached hydrogens (tertiary/aromatic N) is 3. The zero-order valence-corrected chi connectivity index (χ0v) is 19.3. The van der Waals surface area contributed by atoms with Crippen LogP contribution in [-0.4, -0.2) is 46.0 Å². The maximum absolute atomic E-state index is 12.4. The first-order chi connectivity index (χ1) is 15.9. The molecule has 33 heavy (non-hydrogen) atoms. The van der Waals surface area contributed by atoms with Crippen LogP contribution in [0.2, 0.25) is 0 Å². The molecule has 3 aromatic rings. The minimum absolute atomic E-state index is 0.164. The largest absolute Gasteiger partial charge is 0.493 e. The summed E-state index contributed by atoms with van der Waals surface area (Å²) in [6.45, 7) is 4.65. The predicted molar refractivity (Wildman–Crippen MR) is 125 cm³/mol. The summed E-state index contributed by atoms with van der Waals surface area (Å²) in [6.07, 6.45) is 1.25. The molecular weight excluding hydrogens is 440 g/mol. The van der Waals surface area contributed by atoms with Crippen LogP contribution in [0, 0.1) is 13.8 Å². The van der Waals surface area contributed by atoms with Gasteiger partial charge in [-0.1, -0.05) is 41.7 Å². The van der Waals surface area contributed by atoms with Crippen molar-refractivity contribution in [2.75, 3.05) is 18.5 Å². The summed E-state index contributed by atoms with van der Waals surface area (Å²) >= 11 is 1.24. The van der Waals surface area contributed by atoms with E-state index in [2.05, 4.69) is 15.5 Å². The molecule has 1 aromatic heterocycles. The fraction of sp³-hybridized carbons (Fsp3) is 0.292. The van der Waals surface area contributed by atoms with Gasteiger partial charge in [-0.25, -0.2) is 0 Å². The normalized spacial score (nSPS) is 12.7. The SMILES string of the molecule is Cc1cccc(C)c1OCCCC(=O)Nc1nnc(CCN2C(=O)c3ccccc3C2=O)s1. The highest BCUT2D eigenvalue weighted by atomic mass is 32.1. The fourth-order valence-electron chi connectivity index (χ4n) is 3.67. The number of hydrogen-bond acceptors (Lipinski definition) is 7. The Morgan fingerprint density at radius 3 is 2.33 bits per heavy atom. The average molecular weight is 465 g/mol. The molecule has 0 unspecified atom stereocenters. The number of imide groups is 1. The van der Waals surface area contributed by atoms with E-state index < -0.39 is 0 Å². The van der Waals surface area contributed by atoms with Crippen LogP contribution in [0.15, 0.2) is 42.5 Å². The molecule has 0 atom stereocenters. The maximum atomic E-state index is 12.4. The van der Waals surface area contributed by atoms with Gasteiger partial charge in [0.1, 0.15) is 10.8 Å². The number of amides is 3. The first-order valence-electron chi connectivity index (χ1n) is 10.7. The Labute approximate surface area is 195 Å². The minimum Gasteiger partial charge on any atom is -0.493 e. The zero-order valence-electron chi connectivity index (χ0n) is 18.5. The van der Waals surface area contributed by atoms with Crippen molar-refractivity contribution >= 4 is 34.2 Å². The molecule has 170 valence electrons. The first-order valence-corrected chi connectivity index (χ1v) is 11.5. The van der Waals surface area contributed by atoms with Crippen molar-refractivity contribution in [1.29, 1.82) is 0 Å². The van der Waals surface area contributed by atoms with Crippen LogP contribution in [0.3, 0.4) is 0 Å². The summed E-state index contributed by atoms with van der Waals surface area (Å²) in [7, 11) is 0. The Balaban J connectivity index is 1.22. The van der Waals surface area contributed by atoms with Gasteiger partial charge >= 0.3 is 0 Å². The number of benzene rings is 2. The number of ether oxygens (including phenoxy) is 1. The van der Waals surface area contributed by atoms with Crippen molar-refractivity contribution in [3.8, 4) is 5.75 Å². The van der Waals surface area contributed by atoms with Gasteiger partial charge in [0.2, 0.25) is 11.0 Å². The monoisotopic (exact) mass is 464 g/mol. The molecule has 0 radical (unpaired) electrons. The van der Waals surface area contributed by atoms with E-state index in [4.69, 9.17) is 4.74 Å². The van der Waals surface area contributed by atoms with Gasteiger partial charge in [-0.05, 0) is 43.5 Å². The molecule has 0 saturated heterocycles. The third-order valence-corrected chi connectivity index (χ3v) is 6.24. The number of nitrogens with one attached hydrogen (secondary N) is 1. The second-order valence-corrected chi connectivity index (χ2v) is 8.84. The van der Waals surface area contributed by atoms with Crippen LogP contribution in [0.25, 0.3) is 0 Å². The van der Waals surface area contributed by atoms with E-state index in [1.54, 1.807) is 24.3 Å². The molecular formula is C24H24N4O4S. The quantitative estimate of drug-likeness (QED) is 0.382. The van der Waals surface area contributed by atoms with Gasteiger partial charge in [-0.2, -0.15) is 0 Å². The van der Waals surface area contributed by atoms with E-state index in [0.717, 1.165) is 16.9 Å². The molecule has 0 aliphatic carbocycles. The van der Waals surface area contributed by atoms with E-state index in [-0.39, 0.29) is 24.3 Å². The minimum atomic E-state index is -0.295. The summed E-state index contributed by atoms with van der Waals surface area (Å²) in [4.78, 5) is 38.3. The van der Waals surface area contributed by atoms with Gasteiger partial charge in [-0.15, -0.1) is 10.2 Å². The number of hydrogen-bond donors (Lipinski definition) is 1. The lowest BCUT2D eigenvalue weighted by molar-refractivity contribution is -0.116. The Morgan fingerprint density at radius 1 is 1.00 bits per heavy atom. The van der Waals surface area contributed by atoms with Gasteiger partial charge in [0.15, 0.2) is 0 Å². The molecule has 0 spiro atoms. The lowest BCUT2D eigenvalue weighted by Crippen LogP contribution is -2.31. The third kappa shape index (κ3) is 5.09. The maximum Gasteiger partial charge on any atom is 0.261 e. The lowest BCUT2D eigenvalue weighted by Gasteiger charge is -2.12. The van der Waals surface area contributed by atoms with Gasteiger partial charge < -0.3 is 10.1 Å². The van der Waals surface area contributed by atoms with Gasteiger partial charge in [0.05, 0.1) is 17.7 Å². The van der Waals surface area contributed by atoms with Crippen molar-refractivity contribution in [3.63, 3.8) is 0 Å². The van der Waals surface area contributed by atoms with E-state index in [0.29, 0.717) is 47.1 Å². The number of para-hydroxylation sites is 1. The molecule has 8 nitrogen and oxygen atoms in total. The Morgan fingerprint density at radius 2 is 1.67 bits per heavy atom. The molecule has 1 N–H and O–H groups in total. The highest BCUT2D eigenvalue weighted by Crippen LogP contribution is 2.24. The van der Waals surface area contributed by atoms with Gasteiger partial charge in [0.25, 0.3) is 11.8 Å². The summed E-state index contributed by atoms with van der Waals surface area (Å²) in [6, 6.07) is 12.8. The summed E-state index contributed by atoms with van der Waals surface area (Å²) in [5, 5.41) is 11.8. The number of anilines is 1. The van der Waals surface area contributed by atoms with Crippen LogP contribution in [-0.2, 0) is 11.2 Å². The fourth-order valence-corrected chi connectivity index (χ4v) is 4.42. The topological polar surface area (TPSA) is 101 Å². The van der Waals surface area contributed by atoms with Gasteiger partial charge in [-0.3, -0.25) is 19.3 Å². The number of carbonyl (C=O) groups is 3. The molecule has 0 fully saturated rings. The molecule has 3 amide bonds. The Bertz CT molecular complexity index is 1150. The van der Waals surface area contributed by atoms with Crippen molar-refractivity contribution in [3.05, 3.63) is 69.7 Å². The predicted octanol–water partition coefficient (Wildman–Crippen LogP) is 3.79. The summed E-state index contributed by atoms with van der Waals surface area (Å²) in [5.74, 6) is 0.112. The van der Waals surface area contributed by atoms with E-state index in [1.807, 2.05) is 32.0 Å². The average Bonchev–Trinajstić information content (AvgIpc) is 3.34. The van der Waals surface area contributed by atoms with Crippen LogP contribution in [0.1, 0.15) is 49.7 Å². The third-order valence-electron chi connectivity index (χ3n) is 5.34. The highest BCUT2D eigenvalue weighted by Gasteiger charge is 2.34. The number of rotatable bonds is 9. The van der Waals surface area contributed by atoms with E-state index in [9.17, 15) is 14.4 Å². The molecule has 2 heterocycles. The van der Waals surface area contributed by atoms with Crippen molar-refractivity contribution in [1.82, 2.24) is 15.1 Å². The second-order valence-electron chi connectivity index (χ2n) is 7.78. The smallest absolute Gasteiger partial charge is 0.261 e. The van der Waals surface area contributed by atoms with Crippen LogP contribution < -0.4 is 10.1 Å². The molecule has 9 heteroatoms. The molecule has 0 bridgehead atoms. The summed E-state index contributed by atoms with van der Waals surface area (Å²) < 4.78 is 5.83. The Kier molecular flexibility index (Phi) is 6.79. The molecule has 0 saturated carbocycles. The van der Waals surface area contributed by atoms with Crippen molar-refractivity contribution in [2.45, 2.75) is 33.1 Å². The van der Waals surface area contributed by atoms with Crippen molar-refractivity contribution < 1.29 is 19.1 Å². The van der Waals surface area contributed by atoms with Crippen molar-refractivity contribution in [2.24, 2.45) is 0 Å². The van der Waals surface area contributed by atoms with E-state index >= 15 is 0 Å². The van der Waals surface area contributed by atoms with Gasteiger partial charge in [0, 0.05) is 19.4 Å². The van der Waals surface area contributed by atoms with Crippen LogP contribution in [0.5, 0.6) is 5.75 Å². The van der Waals surface area contributed by atoms with Crippen LogP contribution >= 0.6 is 11.3 Å². The Hall–Kier alpha value is -3.59. The first kappa shape index (κ1) is 22.6. The number of fused-ring (bicyclic) bond motifs is 1. The van der Waals surface area contributed by atoms with Crippen LogP contribution in [0.4, 0.5) is 5.13 Å². The number of carbonyl (C=O) groups excluding carboxylic acids is 3. The zero-order chi connectivity index (χ0) is 23.4. The molecule has 4 rings (SSSR count). The van der Waals surface area contributed by atoms with E-state index in [1.165, 1.54) is 16.2 Å². The summed E-state index contributed by atoms with van der Waals surface area (Å²) in [5.41, 5.74) is 2.99. The number of aryl methyl sites for hydroxylation is 2. The molecule has 2 aromatic carbocycles. The standard InChI is InChI=1S/C24H24N4O4S/c1-15-7-5-8-16(2)21(15)32-14-6-11-19(29)25-24-27-26-20(33-24)12-13-28-22(30)17-9-3-4-10-18(17)23(28)31/h3-5,7-10H,6,11-14H2,1-2H3,(H,25,27,29). The highest BCUT2D eigenvalue weighted by molar-refractivity contribution is 7.15. The second kappa shape index (κ2) is 9.91. The number of aromatic nitrogens is 2. The lowest BCUT2D eigenvalue weighted by atomic mass is 10.1.